The van der Waals surface area contributed by atoms with Gasteiger partial charge in [0.1, 0.15) is 10.8 Å². The maximum Gasteiger partial charge on any atom is 0.270 e. The monoisotopic (exact) mass is 314 g/mol. The Morgan fingerprint density at radius 2 is 2.00 bits per heavy atom. The molecule has 3 aromatic rings. The fraction of sp³-hybridized carbons (Fsp3) is 0.0714. The highest BCUT2D eigenvalue weighted by Gasteiger charge is 2.07. The number of carbonyl (C=O) groups is 1. The average Bonchev–Trinajstić information content (AvgIpc) is 3.07. The van der Waals surface area contributed by atoms with Crippen molar-refractivity contribution >= 4 is 17.5 Å². The summed E-state index contributed by atoms with van der Waals surface area (Å²) in [5.41, 5.74) is 2.08. The van der Waals surface area contributed by atoms with Gasteiger partial charge >= 0.3 is 0 Å². The van der Waals surface area contributed by atoms with Crippen LogP contribution < -0.4 is 5.32 Å². The summed E-state index contributed by atoms with van der Waals surface area (Å²) in [5.74, 6) is 0.253. The Bertz CT molecular complexity index is 772. The highest BCUT2D eigenvalue weighted by Crippen LogP contribution is 2.14. The number of halogens is 1. The van der Waals surface area contributed by atoms with E-state index in [4.69, 9.17) is 11.6 Å². The van der Waals surface area contributed by atoms with Crippen LogP contribution in [0.4, 0.5) is 0 Å². The Kier molecular flexibility index (Phi) is 4.06. The topological polar surface area (TPSA) is 96.5 Å². The molecular weight excluding hydrogens is 304 g/mol. The first-order valence-electron chi connectivity index (χ1n) is 6.46. The van der Waals surface area contributed by atoms with E-state index in [1.807, 2.05) is 24.3 Å². The Hall–Kier alpha value is -2.80. The molecule has 0 fully saturated rings. The van der Waals surface area contributed by atoms with E-state index in [9.17, 15) is 4.79 Å². The van der Waals surface area contributed by atoms with Crippen LogP contribution in [0.5, 0.6) is 0 Å². The van der Waals surface area contributed by atoms with Crippen molar-refractivity contribution in [1.82, 2.24) is 30.9 Å². The van der Waals surface area contributed by atoms with E-state index in [-0.39, 0.29) is 16.8 Å². The highest BCUT2D eigenvalue weighted by atomic mass is 35.5. The van der Waals surface area contributed by atoms with Gasteiger partial charge < -0.3 is 5.32 Å². The summed E-state index contributed by atoms with van der Waals surface area (Å²) in [5, 5.41) is 16.8. The van der Waals surface area contributed by atoms with Crippen molar-refractivity contribution in [3.8, 4) is 11.4 Å². The summed E-state index contributed by atoms with van der Waals surface area (Å²) >= 11 is 5.76. The second-order valence-electron chi connectivity index (χ2n) is 4.46. The zero-order chi connectivity index (χ0) is 15.4. The molecule has 0 saturated heterocycles. The van der Waals surface area contributed by atoms with Gasteiger partial charge in [-0.1, -0.05) is 41.9 Å². The molecule has 0 spiro atoms. The summed E-state index contributed by atoms with van der Waals surface area (Å²) in [4.78, 5) is 15.9. The maximum absolute atomic E-state index is 12.0. The first-order valence-corrected chi connectivity index (χ1v) is 6.84. The van der Waals surface area contributed by atoms with E-state index >= 15 is 0 Å². The number of pyridine rings is 1. The number of hydrogen-bond acceptors (Lipinski definition) is 5. The number of H-pyrrole nitrogens is 1. The van der Waals surface area contributed by atoms with Crippen LogP contribution in [-0.4, -0.2) is 31.5 Å². The first-order chi connectivity index (χ1) is 10.7. The summed E-state index contributed by atoms with van der Waals surface area (Å²) in [6.45, 7) is 0.388. The van der Waals surface area contributed by atoms with Gasteiger partial charge in [-0.3, -0.25) is 4.79 Å². The number of carbonyl (C=O) groups excluding carboxylic acids is 1. The van der Waals surface area contributed by atoms with E-state index in [1.54, 1.807) is 18.2 Å². The van der Waals surface area contributed by atoms with Crippen molar-refractivity contribution in [3.05, 3.63) is 58.9 Å². The van der Waals surface area contributed by atoms with E-state index in [0.29, 0.717) is 12.4 Å². The molecule has 0 atom stereocenters. The molecule has 3 rings (SSSR count). The second kappa shape index (κ2) is 6.31. The van der Waals surface area contributed by atoms with E-state index in [1.165, 1.54) is 0 Å². The normalized spacial score (nSPS) is 10.4. The molecule has 0 saturated carbocycles. The molecule has 22 heavy (non-hydrogen) atoms. The van der Waals surface area contributed by atoms with Crippen molar-refractivity contribution in [2.24, 2.45) is 0 Å². The molecule has 8 heteroatoms. The van der Waals surface area contributed by atoms with Gasteiger partial charge in [0, 0.05) is 12.1 Å². The van der Waals surface area contributed by atoms with Crippen molar-refractivity contribution in [3.63, 3.8) is 0 Å². The second-order valence-corrected chi connectivity index (χ2v) is 4.85. The van der Waals surface area contributed by atoms with Crippen LogP contribution in [0.15, 0.2) is 42.5 Å². The third-order valence-electron chi connectivity index (χ3n) is 2.96. The summed E-state index contributed by atoms with van der Waals surface area (Å²) < 4.78 is 0. The molecule has 110 valence electrons. The molecule has 0 aliphatic heterocycles. The molecule has 1 amide bonds. The largest absolute Gasteiger partial charge is 0.347 e. The maximum atomic E-state index is 12.0. The summed E-state index contributed by atoms with van der Waals surface area (Å²) in [6.07, 6.45) is 0. The highest BCUT2D eigenvalue weighted by molar-refractivity contribution is 6.29. The molecule has 0 bridgehead atoms. The lowest BCUT2D eigenvalue weighted by molar-refractivity contribution is 0.0946. The number of amides is 1. The SMILES string of the molecule is O=C(NCc1ccc(-c2nn[nH]n2)cc1)c1cccc(Cl)n1. The van der Waals surface area contributed by atoms with E-state index in [2.05, 4.69) is 30.9 Å². The molecular formula is C14H11ClN6O. The van der Waals surface area contributed by atoms with Crippen LogP contribution in [-0.2, 0) is 6.54 Å². The molecule has 2 N–H and O–H groups in total. The predicted octanol–water partition coefficient (Wildman–Crippen LogP) is 1.85. The van der Waals surface area contributed by atoms with Gasteiger partial charge in [0.05, 0.1) is 0 Å². The lowest BCUT2D eigenvalue weighted by atomic mass is 10.1. The zero-order valence-corrected chi connectivity index (χ0v) is 12.1. The van der Waals surface area contributed by atoms with Crippen LogP contribution in [0.2, 0.25) is 5.15 Å². The number of tetrazole rings is 1. The van der Waals surface area contributed by atoms with Crippen LogP contribution in [0.25, 0.3) is 11.4 Å². The lowest BCUT2D eigenvalue weighted by Gasteiger charge is -2.05. The number of rotatable bonds is 4. The van der Waals surface area contributed by atoms with Gasteiger partial charge in [0.15, 0.2) is 0 Å². The summed E-state index contributed by atoms with van der Waals surface area (Å²) in [7, 11) is 0. The molecule has 0 aliphatic rings. The number of aromatic nitrogens is 5. The van der Waals surface area contributed by atoms with Crippen molar-refractivity contribution < 1.29 is 4.79 Å². The average molecular weight is 315 g/mol. The standard InChI is InChI=1S/C14H11ClN6O/c15-12-3-1-2-11(17-12)14(22)16-8-9-4-6-10(7-5-9)13-18-20-21-19-13/h1-7H,8H2,(H,16,22)(H,18,19,20,21). The molecule has 0 radical (unpaired) electrons. The number of aromatic amines is 1. The van der Waals surface area contributed by atoms with Crippen LogP contribution in [0.1, 0.15) is 16.1 Å². The molecule has 0 aliphatic carbocycles. The minimum absolute atomic E-state index is 0.273. The molecule has 0 unspecified atom stereocenters. The number of benzene rings is 1. The van der Waals surface area contributed by atoms with Crippen LogP contribution >= 0.6 is 11.6 Å². The third kappa shape index (κ3) is 3.26. The van der Waals surface area contributed by atoms with Gasteiger partial charge in [-0.15, -0.1) is 10.2 Å². The van der Waals surface area contributed by atoms with Crippen LogP contribution in [0.3, 0.4) is 0 Å². The lowest BCUT2D eigenvalue weighted by Crippen LogP contribution is -2.23. The van der Waals surface area contributed by atoms with Gasteiger partial charge in [-0.05, 0) is 22.9 Å². The molecule has 2 heterocycles. The van der Waals surface area contributed by atoms with Crippen molar-refractivity contribution in [1.29, 1.82) is 0 Å². The van der Waals surface area contributed by atoms with E-state index < -0.39 is 0 Å². The molecule has 1 aromatic carbocycles. The Labute approximate surface area is 130 Å². The van der Waals surface area contributed by atoms with Gasteiger partial charge in [-0.25, -0.2) is 4.98 Å². The Balaban J connectivity index is 1.63. The minimum atomic E-state index is -0.273. The number of nitrogens with zero attached hydrogens (tertiary/aromatic N) is 4. The zero-order valence-electron chi connectivity index (χ0n) is 11.3. The molecule has 2 aromatic heterocycles. The van der Waals surface area contributed by atoms with Crippen LogP contribution in [0, 0.1) is 0 Å². The Morgan fingerprint density at radius 3 is 2.68 bits per heavy atom. The smallest absolute Gasteiger partial charge is 0.270 e. The Morgan fingerprint density at radius 1 is 1.18 bits per heavy atom. The van der Waals surface area contributed by atoms with Gasteiger partial charge in [0.25, 0.3) is 5.91 Å². The quantitative estimate of drug-likeness (QED) is 0.716. The molecule has 7 nitrogen and oxygen atoms in total. The minimum Gasteiger partial charge on any atom is -0.347 e. The predicted molar refractivity (Wildman–Crippen MR) is 80.0 cm³/mol. The summed E-state index contributed by atoms with van der Waals surface area (Å²) in [6, 6.07) is 12.4. The third-order valence-corrected chi connectivity index (χ3v) is 3.17. The fourth-order valence-electron chi connectivity index (χ4n) is 1.86. The van der Waals surface area contributed by atoms with Gasteiger partial charge in [0.2, 0.25) is 5.82 Å². The van der Waals surface area contributed by atoms with Gasteiger partial charge in [-0.2, -0.15) is 5.21 Å². The van der Waals surface area contributed by atoms with E-state index in [0.717, 1.165) is 11.1 Å². The van der Waals surface area contributed by atoms with Crippen molar-refractivity contribution in [2.45, 2.75) is 6.54 Å². The number of nitrogens with one attached hydrogen (secondary N) is 2. The fourth-order valence-corrected chi connectivity index (χ4v) is 2.03. The first kappa shape index (κ1) is 14.2. The van der Waals surface area contributed by atoms with Crippen molar-refractivity contribution in [2.75, 3.05) is 0 Å². The number of hydrogen-bond donors (Lipinski definition) is 2.